The van der Waals surface area contributed by atoms with Crippen LogP contribution >= 0.6 is 0 Å². The summed E-state index contributed by atoms with van der Waals surface area (Å²) < 4.78 is 38.6. The van der Waals surface area contributed by atoms with Gasteiger partial charge in [-0.25, -0.2) is 0 Å². The monoisotopic (exact) mass is 386 g/mol. The summed E-state index contributed by atoms with van der Waals surface area (Å²) >= 11 is 0. The Morgan fingerprint density at radius 3 is 2.38 bits per heavy atom. The van der Waals surface area contributed by atoms with E-state index in [1.807, 2.05) is 0 Å². The van der Waals surface area contributed by atoms with Gasteiger partial charge < -0.3 is 9.84 Å². The summed E-state index contributed by atoms with van der Waals surface area (Å²) in [6, 6.07) is 10.5. The van der Waals surface area contributed by atoms with Crippen LogP contribution in [-0.2, 0) is 16.5 Å². The maximum absolute atomic E-state index is 11.7. The summed E-state index contributed by atoms with van der Waals surface area (Å²) in [6.07, 6.45) is 5.60. The van der Waals surface area contributed by atoms with Gasteiger partial charge in [-0.3, -0.25) is 4.55 Å². The van der Waals surface area contributed by atoms with Crippen LogP contribution in [0.2, 0.25) is 0 Å². The Morgan fingerprint density at radius 1 is 1.04 bits per heavy atom. The summed E-state index contributed by atoms with van der Waals surface area (Å²) in [5.41, 5.74) is 0.442. The van der Waals surface area contributed by atoms with E-state index >= 15 is 0 Å². The molecule has 7 heteroatoms. The molecule has 136 valence electrons. The van der Waals surface area contributed by atoms with E-state index in [1.165, 1.54) is 24.3 Å². The number of hydrogen-bond acceptors (Lipinski definition) is 4. The van der Waals surface area contributed by atoms with Gasteiger partial charge >= 0.3 is 29.6 Å². The van der Waals surface area contributed by atoms with E-state index in [1.54, 1.807) is 18.2 Å². The topological polar surface area (TPSA) is 86.7 Å². The minimum atomic E-state index is -4.35. The zero-order chi connectivity index (χ0) is 18.3. The first-order chi connectivity index (χ1) is 11.9. The first-order valence-electron chi connectivity index (χ1n) is 8.46. The predicted octanol–water partition coefficient (Wildman–Crippen LogP) is 1.32. The number of ether oxygens (including phenoxy) is 1. The normalized spacial score (nSPS) is 11.0. The van der Waals surface area contributed by atoms with Crippen molar-refractivity contribution in [2.45, 2.75) is 50.3 Å². The van der Waals surface area contributed by atoms with Crippen molar-refractivity contribution in [3.8, 4) is 17.2 Å². The fourth-order valence-electron chi connectivity index (χ4n) is 2.70. The van der Waals surface area contributed by atoms with Crippen LogP contribution in [0, 0.1) is 0 Å². The summed E-state index contributed by atoms with van der Waals surface area (Å²) in [7, 11) is -4.35. The zero-order valence-corrected chi connectivity index (χ0v) is 18.1. The maximum Gasteiger partial charge on any atom is 1.00 e. The van der Waals surface area contributed by atoms with Gasteiger partial charge in [0.1, 0.15) is 16.4 Å². The predicted molar refractivity (Wildman–Crippen MR) is 94.7 cm³/mol. The Morgan fingerprint density at radius 2 is 1.73 bits per heavy atom. The van der Waals surface area contributed by atoms with Crippen LogP contribution in [0.5, 0.6) is 17.2 Å². The van der Waals surface area contributed by atoms with Crippen LogP contribution in [0.4, 0.5) is 0 Å². The molecule has 0 amide bonds. The molecule has 0 heterocycles. The molecule has 0 fully saturated rings. The van der Waals surface area contributed by atoms with Crippen LogP contribution in [0.1, 0.15) is 44.6 Å². The zero-order valence-electron chi connectivity index (χ0n) is 15.3. The van der Waals surface area contributed by atoms with Crippen LogP contribution in [-0.4, -0.2) is 13.0 Å². The summed E-state index contributed by atoms with van der Waals surface area (Å²) in [4.78, 5) is -0.140. The van der Waals surface area contributed by atoms with Crippen molar-refractivity contribution in [3.05, 3.63) is 48.0 Å². The molecule has 0 radical (unpaired) electrons. The second kappa shape index (κ2) is 10.9. The third kappa shape index (κ3) is 6.93. The molecule has 0 aromatic heterocycles. The van der Waals surface area contributed by atoms with Gasteiger partial charge in [0.15, 0.2) is 0 Å². The minimum Gasteiger partial charge on any atom is -0.872 e. The smallest absolute Gasteiger partial charge is 0.872 e. The SMILES string of the molecule is CCCCCCCc1c(Oc2cccc([O-])c2)cccc1S(=O)(=O)O.[Na+]. The number of benzene rings is 2. The van der Waals surface area contributed by atoms with Gasteiger partial charge in [0.05, 0.1) is 0 Å². The van der Waals surface area contributed by atoms with Gasteiger partial charge in [-0.15, -0.1) is 5.75 Å². The molecule has 0 saturated heterocycles. The molecule has 2 rings (SSSR count). The number of unbranched alkanes of at least 4 members (excludes halogenated alkanes) is 4. The molecule has 0 bridgehead atoms. The van der Waals surface area contributed by atoms with Crippen LogP contribution in [0.3, 0.4) is 0 Å². The molecule has 0 aliphatic carbocycles. The van der Waals surface area contributed by atoms with Crippen molar-refractivity contribution in [2.75, 3.05) is 0 Å². The Kier molecular flexibility index (Phi) is 9.68. The minimum absolute atomic E-state index is 0. The molecule has 0 saturated carbocycles. The van der Waals surface area contributed by atoms with E-state index < -0.39 is 10.1 Å². The Labute approximate surface area is 177 Å². The molecule has 1 N–H and O–H groups in total. The van der Waals surface area contributed by atoms with Gasteiger partial charge in [0, 0.05) is 5.56 Å². The largest absolute Gasteiger partial charge is 1.00 e. The van der Waals surface area contributed by atoms with Crippen molar-refractivity contribution in [1.82, 2.24) is 0 Å². The Hall–Kier alpha value is -1.05. The molecule has 0 atom stereocenters. The molecule has 0 aliphatic rings. The van der Waals surface area contributed by atoms with Crippen LogP contribution in [0.25, 0.3) is 0 Å². The average molecular weight is 386 g/mol. The maximum atomic E-state index is 11.7. The number of rotatable bonds is 9. The molecule has 2 aromatic carbocycles. The van der Waals surface area contributed by atoms with Gasteiger partial charge in [-0.2, -0.15) is 8.42 Å². The van der Waals surface area contributed by atoms with E-state index in [-0.39, 0.29) is 40.2 Å². The number of hydrogen-bond donors (Lipinski definition) is 1. The van der Waals surface area contributed by atoms with E-state index in [0.717, 1.165) is 32.1 Å². The third-order valence-corrected chi connectivity index (χ3v) is 4.87. The first-order valence-corrected chi connectivity index (χ1v) is 9.90. The van der Waals surface area contributed by atoms with Crippen LogP contribution < -0.4 is 39.4 Å². The molecular weight excluding hydrogens is 363 g/mol. The molecule has 2 aromatic rings. The molecule has 26 heavy (non-hydrogen) atoms. The summed E-state index contributed by atoms with van der Waals surface area (Å²) in [5.74, 6) is 0.494. The second-order valence-electron chi connectivity index (χ2n) is 5.95. The van der Waals surface area contributed by atoms with Gasteiger partial charge in [0.25, 0.3) is 10.1 Å². The molecule has 0 spiro atoms. The Balaban J connectivity index is 0.00000338. The van der Waals surface area contributed by atoms with Gasteiger partial charge in [0.2, 0.25) is 0 Å². The van der Waals surface area contributed by atoms with E-state index in [2.05, 4.69) is 6.92 Å². The fourth-order valence-corrected chi connectivity index (χ4v) is 3.46. The average Bonchev–Trinajstić information content (AvgIpc) is 2.55. The van der Waals surface area contributed by atoms with Gasteiger partial charge in [-0.1, -0.05) is 50.8 Å². The summed E-state index contributed by atoms with van der Waals surface area (Å²) in [6.45, 7) is 2.13. The summed E-state index contributed by atoms with van der Waals surface area (Å²) in [5, 5.41) is 11.4. The second-order valence-corrected chi connectivity index (χ2v) is 7.34. The van der Waals surface area contributed by atoms with E-state index in [9.17, 15) is 18.1 Å². The molecule has 0 aliphatic heterocycles. The van der Waals surface area contributed by atoms with Crippen molar-refractivity contribution in [1.29, 1.82) is 0 Å². The first kappa shape index (κ1) is 23.0. The fraction of sp³-hybridized carbons (Fsp3) is 0.368. The molecular formula is C19H23NaO5S. The standard InChI is InChI=1S/C19H24O5S.Na/c1-2-3-4-5-6-11-17-18(12-8-13-19(17)25(21,22)23)24-16-10-7-9-15(20)14-16;/h7-10,12-14,20H,2-6,11H2,1H3,(H,21,22,23);/q;+1/p-1. The van der Waals surface area contributed by atoms with Crippen molar-refractivity contribution in [3.63, 3.8) is 0 Å². The third-order valence-electron chi connectivity index (χ3n) is 3.93. The van der Waals surface area contributed by atoms with Crippen LogP contribution in [0.15, 0.2) is 47.4 Å². The molecule has 0 unspecified atom stereocenters. The van der Waals surface area contributed by atoms with Crippen molar-refractivity contribution >= 4 is 10.1 Å². The van der Waals surface area contributed by atoms with Crippen molar-refractivity contribution < 1.29 is 52.4 Å². The Bertz CT molecular complexity index is 805. The van der Waals surface area contributed by atoms with E-state index in [0.29, 0.717) is 23.5 Å². The van der Waals surface area contributed by atoms with Gasteiger partial charge in [-0.05, 0) is 37.1 Å². The van der Waals surface area contributed by atoms with E-state index in [4.69, 9.17) is 4.74 Å². The van der Waals surface area contributed by atoms with Crippen molar-refractivity contribution in [2.24, 2.45) is 0 Å². The molecule has 5 nitrogen and oxygen atoms in total. The quantitative estimate of drug-likeness (QED) is 0.399.